The summed E-state index contributed by atoms with van der Waals surface area (Å²) in [7, 11) is 1.90. The van der Waals surface area contributed by atoms with E-state index in [2.05, 4.69) is 30.2 Å². The van der Waals surface area contributed by atoms with Gasteiger partial charge in [-0.1, -0.05) is 32.0 Å². The van der Waals surface area contributed by atoms with Gasteiger partial charge in [0.15, 0.2) is 0 Å². The number of aromatic nitrogens is 1. The number of nitrogens with zero attached hydrogens (tertiary/aromatic N) is 1. The Morgan fingerprint density at radius 3 is 2.74 bits per heavy atom. The molecule has 2 rings (SSSR count). The van der Waals surface area contributed by atoms with E-state index in [1.165, 1.54) is 5.56 Å². The minimum absolute atomic E-state index is 0.452. The van der Waals surface area contributed by atoms with Gasteiger partial charge in [-0.3, -0.25) is 4.98 Å². The van der Waals surface area contributed by atoms with Crippen molar-refractivity contribution in [1.29, 1.82) is 0 Å². The third-order valence-corrected chi connectivity index (χ3v) is 3.02. The van der Waals surface area contributed by atoms with Gasteiger partial charge in [0.25, 0.3) is 0 Å². The highest BCUT2D eigenvalue weighted by molar-refractivity contribution is 5.42. The van der Waals surface area contributed by atoms with Crippen molar-refractivity contribution in [1.82, 2.24) is 4.98 Å². The van der Waals surface area contributed by atoms with Gasteiger partial charge in [0.05, 0.1) is 5.69 Å². The fourth-order valence-corrected chi connectivity index (χ4v) is 1.95. The molecule has 1 aromatic carbocycles. The number of pyridine rings is 1. The van der Waals surface area contributed by atoms with Gasteiger partial charge in [-0.25, -0.2) is 0 Å². The lowest BCUT2D eigenvalue weighted by Crippen LogP contribution is -2.02. The number of para-hydroxylation sites is 1. The van der Waals surface area contributed by atoms with Crippen molar-refractivity contribution in [2.75, 3.05) is 12.4 Å². The zero-order chi connectivity index (χ0) is 13.7. The Bertz CT molecular complexity index is 538. The Labute approximate surface area is 114 Å². The average molecular weight is 256 g/mol. The van der Waals surface area contributed by atoms with Crippen molar-refractivity contribution in [2.24, 2.45) is 0 Å². The smallest absolute Gasteiger partial charge is 0.130 e. The lowest BCUT2D eigenvalue weighted by atomic mass is 10.0. The number of ether oxygens (including phenoxy) is 1. The maximum Gasteiger partial charge on any atom is 0.130 e. The molecule has 0 unspecified atom stereocenters. The Balaban J connectivity index is 2.10. The first-order chi connectivity index (χ1) is 9.20. The van der Waals surface area contributed by atoms with E-state index in [4.69, 9.17) is 4.74 Å². The zero-order valence-corrected chi connectivity index (χ0v) is 11.7. The van der Waals surface area contributed by atoms with Crippen LogP contribution in [0.1, 0.15) is 31.0 Å². The van der Waals surface area contributed by atoms with E-state index in [-0.39, 0.29) is 0 Å². The van der Waals surface area contributed by atoms with Crippen molar-refractivity contribution in [3.05, 3.63) is 53.9 Å². The summed E-state index contributed by atoms with van der Waals surface area (Å²) >= 11 is 0. The molecular weight excluding hydrogens is 236 g/mol. The predicted octanol–water partition coefficient (Wildman–Crippen LogP) is 3.83. The second-order valence-corrected chi connectivity index (χ2v) is 4.77. The molecule has 19 heavy (non-hydrogen) atoms. The van der Waals surface area contributed by atoms with Crippen molar-refractivity contribution in [3.8, 4) is 5.75 Å². The summed E-state index contributed by atoms with van der Waals surface area (Å²) in [5, 5.41) is 3.10. The number of hydrogen-bond donors (Lipinski definition) is 1. The van der Waals surface area contributed by atoms with Crippen LogP contribution in [0.15, 0.2) is 42.6 Å². The molecule has 0 aliphatic rings. The standard InChI is InChI=1S/C16H20N2O/c1-12(2)15-6-4-5-7-16(15)19-11-14-10-13(17-3)8-9-18-14/h4-10,12H,11H2,1-3H3,(H,17,18). The van der Waals surface area contributed by atoms with Crippen LogP contribution in [0.2, 0.25) is 0 Å². The largest absolute Gasteiger partial charge is 0.487 e. The van der Waals surface area contributed by atoms with Crippen LogP contribution in [0.25, 0.3) is 0 Å². The van der Waals surface area contributed by atoms with E-state index >= 15 is 0 Å². The summed E-state index contributed by atoms with van der Waals surface area (Å²) < 4.78 is 5.89. The van der Waals surface area contributed by atoms with E-state index < -0.39 is 0 Å². The summed E-state index contributed by atoms with van der Waals surface area (Å²) in [6.45, 7) is 4.82. The van der Waals surface area contributed by atoms with Crippen LogP contribution in [-0.4, -0.2) is 12.0 Å². The van der Waals surface area contributed by atoms with Crippen LogP contribution < -0.4 is 10.1 Å². The summed E-state index contributed by atoms with van der Waals surface area (Å²) in [5.41, 5.74) is 3.20. The molecule has 0 saturated heterocycles. The Kier molecular flexibility index (Phi) is 4.39. The molecule has 0 fully saturated rings. The highest BCUT2D eigenvalue weighted by Gasteiger charge is 2.07. The second kappa shape index (κ2) is 6.23. The maximum absolute atomic E-state index is 5.89. The molecule has 1 heterocycles. The molecule has 1 aromatic heterocycles. The molecule has 0 amide bonds. The van der Waals surface area contributed by atoms with Crippen molar-refractivity contribution >= 4 is 5.69 Å². The normalized spacial score (nSPS) is 10.5. The molecule has 1 N–H and O–H groups in total. The first-order valence-electron chi connectivity index (χ1n) is 6.55. The predicted molar refractivity (Wildman–Crippen MR) is 78.6 cm³/mol. The van der Waals surface area contributed by atoms with Gasteiger partial charge in [-0.05, 0) is 29.7 Å². The van der Waals surface area contributed by atoms with E-state index in [9.17, 15) is 0 Å². The topological polar surface area (TPSA) is 34.2 Å². The van der Waals surface area contributed by atoms with Crippen LogP contribution in [0, 0.1) is 0 Å². The first-order valence-corrected chi connectivity index (χ1v) is 6.55. The quantitative estimate of drug-likeness (QED) is 0.883. The van der Waals surface area contributed by atoms with E-state index in [0.29, 0.717) is 12.5 Å². The van der Waals surface area contributed by atoms with Crippen molar-refractivity contribution in [2.45, 2.75) is 26.4 Å². The van der Waals surface area contributed by atoms with Crippen LogP contribution in [-0.2, 0) is 6.61 Å². The van der Waals surface area contributed by atoms with Crippen LogP contribution >= 0.6 is 0 Å². The number of benzene rings is 1. The molecule has 2 aromatic rings. The molecule has 3 heteroatoms. The number of rotatable bonds is 5. The fraction of sp³-hybridized carbons (Fsp3) is 0.312. The monoisotopic (exact) mass is 256 g/mol. The van der Waals surface area contributed by atoms with Crippen molar-refractivity contribution in [3.63, 3.8) is 0 Å². The first kappa shape index (κ1) is 13.4. The van der Waals surface area contributed by atoms with Crippen LogP contribution in [0.3, 0.4) is 0 Å². The highest BCUT2D eigenvalue weighted by atomic mass is 16.5. The van der Waals surface area contributed by atoms with Crippen molar-refractivity contribution < 1.29 is 4.74 Å². The van der Waals surface area contributed by atoms with E-state index in [1.807, 2.05) is 37.4 Å². The molecule has 0 bridgehead atoms. The molecule has 100 valence electrons. The van der Waals surface area contributed by atoms with Gasteiger partial charge in [0.1, 0.15) is 12.4 Å². The summed E-state index contributed by atoms with van der Waals surface area (Å²) in [6, 6.07) is 12.1. The fourth-order valence-electron chi connectivity index (χ4n) is 1.95. The van der Waals surface area contributed by atoms with Gasteiger partial charge in [0, 0.05) is 18.9 Å². The third kappa shape index (κ3) is 3.47. The summed E-state index contributed by atoms with van der Waals surface area (Å²) in [5.74, 6) is 1.39. The molecule has 0 saturated carbocycles. The minimum Gasteiger partial charge on any atom is -0.487 e. The van der Waals surface area contributed by atoms with Gasteiger partial charge in [-0.15, -0.1) is 0 Å². The van der Waals surface area contributed by atoms with Gasteiger partial charge in [0.2, 0.25) is 0 Å². The average Bonchev–Trinajstić information content (AvgIpc) is 2.45. The molecule has 0 atom stereocenters. The molecule has 0 aliphatic heterocycles. The lowest BCUT2D eigenvalue weighted by Gasteiger charge is -2.13. The number of anilines is 1. The summed E-state index contributed by atoms with van der Waals surface area (Å²) in [6.07, 6.45) is 1.79. The Morgan fingerprint density at radius 1 is 1.21 bits per heavy atom. The molecule has 3 nitrogen and oxygen atoms in total. The molecular formula is C16H20N2O. The SMILES string of the molecule is CNc1ccnc(COc2ccccc2C(C)C)c1. The van der Waals surface area contributed by atoms with Gasteiger partial charge < -0.3 is 10.1 Å². The van der Waals surface area contributed by atoms with E-state index in [0.717, 1.165) is 17.1 Å². The second-order valence-electron chi connectivity index (χ2n) is 4.77. The van der Waals surface area contributed by atoms with Crippen LogP contribution in [0.5, 0.6) is 5.75 Å². The third-order valence-electron chi connectivity index (χ3n) is 3.02. The number of hydrogen-bond acceptors (Lipinski definition) is 3. The zero-order valence-electron chi connectivity index (χ0n) is 11.7. The van der Waals surface area contributed by atoms with Gasteiger partial charge >= 0.3 is 0 Å². The molecule has 0 aliphatic carbocycles. The Morgan fingerprint density at radius 2 is 2.00 bits per heavy atom. The van der Waals surface area contributed by atoms with Crippen LogP contribution in [0.4, 0.5) is 5.69 Å². The highest BCUT2D eigenvalue weighted by Crippen LogP contribution is 2.26. The Hall–Kier alpha value is -2.03. The minimum atomic E-state index is 0.452. The molecule has 0 radical (unpaired) electrons. The van der Waals surface area contributed by atoms with E-state index in [1.54, 1.807) is 6.20 Å². The molecule has 0 spiro atoms. The lowest BCUT2D eigenvalue weighted by molar-refractivity contribution is 0.297. The summed E-state index contributed by atoms with van der Waals surface area (Å²) in [4.78, 5) is 4.31. The number of nitrogens with one attached hydrogen (secondary N) is 1. The maximum atomic E-state index is 5.89. The van der Waals surface area contributed by atoms with Gasteiger partial charge in [-0.2, -0.15) is 0 Å².